The Bertz CT molecular complexity index is 929. The zero-order valence-electron chi connectivity index (χ0n) is 13.3. The molecule has 25 heavy (non-hydrogen) atoms. The molecule has 126 valence electrons. The summed E-state index contributed by atoms with van der Waals surface area (Å²) in [5.74, 6) is 2.84. The zero-order chi connectivity index (χ0) is 17.2. The summed E-state index contributed by atoms with van der Waals surface area (Å²) < 4.78 is 16.4. The van der Waals surface area contributed by atoms with E-state index < -0.39 is 0 Å². The smallest absolute Gasteiger partial charge is 0.231 e. The summed E-state index contributed by atoms with van der Waals surface area (Å²) in [5, 5.41) is 0.661. The van der Waals surface area contributed by atoms with Crippen LogP contribution in [0.4, 0.5) is 0 Å². The van der Waals surface area contributed by atoms with Gasteiger partial charge in [-0.1, -0.05) is 23.7 Å². The number of Topliss-reactive ketones (excluding diaryl/α,β-unsaturated/α-hetero) is 1. The van der Waals surface area contributed by atoms with Crippen LogP contribution in [0.5, 0.6) is 11.5 Å². The molecule has 0 amide bonds. The molecule has 4 nitrogen and oxygen atoms in total. The highest BCUT2D eigenvalue weighted by Crippen LogP contribution is 2.33. The Balaban J connectivity index is 1.42. The highest BCUT2D eigenvalue weighted by Gasteiger charge is 2.16. The van der Waals surface area contributed by atoms with Gasteiger partial charge in [0.25, 0.3) is 0 Å². The van der Waals surface area contributed by atoms with Crippen LogP contribution in [-0.4, -0.2) is 12.6 Å². The number of hydrogen-bond acceptors (Lipinski definition) is 4. The maximum absolute atomic E-state index is 12.4. The van der Waals surface area contributed by atoms with Crippen LogP contribution in [0.3, 0.4) is 0 Å². The number of furan rings is 1. The van der Waals surface area contributed by atoms with E-state index in [9.17, 15) is 4.79 Å². The van der Waals surface area contributed by atoms with Crippen molar-refractivity contribution in [3.8, 4) is 22.8 Å². The molecular formula is C20H15ClO4. The van der Waals surface area contributed by atoms with Gasteiger partial charge in [-0.2, -0.15) is 0 Å². The van der Waals surface area contributed by atoms with E-state index in [0.717, 1.165) is 17.1 Å². The number of rotatable bonds is 5. The minimum atomic E-state index is 0.0407. The molecule has 0 N–H and O–H groups in total. The molecule has 0 unspecified atom stereocenters. The third-order valence-electron chi connectivity index (χ3n) is 4.06. The van der Waals surface area contributed by atoms with Crippen LogP contribution in [0, 0.1) is 0 Å². The number of carbonyl (C=O) groups is 1. The maximum atomic E-state index is 12.4. The van der Waals surface area contributed by atoms with Crippen molar-refractivity contribution in [1.29, 1.82) is 0 Å². The summed E-state index contributed by atoms with van der Waals surface area (Å²) in [6.45, 7) is 0.200. The van der Waals surface area contributed by atoms with E-state index in [1.165, 1.54) is 0 Å². The fraction of sp³-hybridized carbons (Fsp3) is 0.150. The lowest BCUT2D eigenvalue weighted by Gasteiger charge is -2.02. The second kappa shape index (κ2) is 6.65. The molecule has 0 aliphatic carbocycles. The SMILES string of the molecule is O=C(CCc1ccc(-c2cccc(Cl)c2)o1)c1ccc2c(c1)OCO2. The standard InChI is InChI=1S/C20H15ClO4/c21-15-3-1-2-14(10-15)18-9-6-16(25-18)5-7-17(22)13-4-8-19-20(11-13)24-12-23-19/h1-4,6,8-11H,5,7,12H2. The van der Waals surface area contributed by atoms with E-state index in [-0.39, 0.29) is 12.6 Å². The Morgan fingerprint density at radius 3 is 2.76 bits per heavy atom. The van der Waals surface area contributed by atoms with Gasteiger partial charge in [0.2, 0.25) is 6.79 Å². The Labute approximate surface area is 149 Å². The maximum Gasteiger partial charge on any atom is 0.231 e. The van der Waals surface area contributed by atoms with Crippen LogP contribution in [0.2, 0.25) is 5.02 Å². The lowest BCUT2D eigenvalue weighted by Crippen LogP contribution is -2.00. The average Bonchev–Trinajstić information content (AvgIpc) is 3.28. The normalized spacial score (nSPS) is 12.4. The molecule has 0 spiro atoms. The van der Waals surface area contributed by atoms with Gasteiger partial charge in [0.15, 0.2) is 17.3 Å². The second-order valence-electron chi connectivity index (χ2n) is 5.77. The predicted octanol–water partition coefficient (Wildman–Crippen LogP) is 5.14. The van der Waals surface area contributed by atoms with Crippen LogP contribution in [-0.2, 0) is 6.42 Å². The molecule has 1 aromatic heterocycles. The Kier molecular flexibility index (Phi) is 4.20. The number of fused-ring (bicyclic) bond motifs is 1. The summed E-state index contributed by atoms with van der Waals surface area (Å²) >= 11 is 6.01. The first-order valence-electron chi connectivity index (χ1n) is 7.96. The Morgan fingerprint density at radius 2 is 1.88 bits per heavy atom. The summed E-state index contributed by atoms with van der Waals surface area (Å²) in [6.07, 6.45) is 0.899. The van der Waals surface area contributed by atoms with E-state index in [4.69, 9.17) is 25.5 Å². The van der Waals surface area contributed by atoms with Gasteiger partial charge < -0.3 is 13.9 Å². The Hall–Kier alpha value is -2.72. The number of ketones is 1. The monoisotopic (exact) mass is 354 g/mol. The number of aryl methyl sites for hydroxylation is 1. The van der Waals surface area contributed by atoms with Crippen molar-refractivity contribution < 1.29 is 18.7 Å². The van der Waals surface area contributed by atoms with Crippen LogP contribution in [0.25, 0.3) is 11.3 Å². The summed E-state index contributed by atoms with van der Waals surface area (Å²) in [4.78, 5) is 12.4. The third kappa shape index (κ3) is 3.39. The lowest BCUT2D eigenvalue weighted by molar-refractivity contribution is 0.0980. The van der Waals surface area contributed by atoms with Gasteiger partial charge in [0.1, 0.15) is 11.5 Å². The first-order valence-corrected chi connectivity index (χ1v) is 8.34. The number of halogens is 1. The highest BCUT2D eigenvalue weighted by molar-refractivity contribution is 6.30. The van der Waals surface area contributed by atoms with Gasteiger partial charge in [0.05, 0.1) is 0 Å². The van der Waals surface area contributed by atoms with E-state index in [1.54, 1.807) is 18.2 Å². The van der Waals surface area contributed by atoms with E-state index in [2.05, 4.69) is 0 Å². The van der Waals surface area contributed by atoms with Crippen molar-refractivity contribution in [2.75, 3.05) is 6.79 Å². The molecule has 4 rings (SSSR count). The third-order valence-corrected chi connectivity index (χ3v) is 4.30. The van der Waals surface area contributed by atoms with Crippen molar-refractivity contribution in [2.45, 2.75) is 12.8 Å². The van der Waals surface area contributed by atoms with Gasteiger partial charge in [-0.05, 0) is 42.5 Å². The van der Waals surface area contributed by atoms with E-state index in [1.807, 2.05) is 36.4 Å². The van der Waals surface area contributed by atoms with Gasteiger partial charge in [-0.25, -0.2) is 0 Å². The molecule has 5 heteroatoms. The molecule has 2 heterocycles. The number of ether oxygens (including phenoxy) is 2. The minimum absolute atomic E-state index is 0.0407. The van der Waals surface area contributed by atoms with Crippen LogP contribution >= 0.6 is 11.6 Å². The highest BCUT2D eigenvalue weighted by atomic mass is 35.5. The number of hydrogen-bond donors (Lipinski definition) is 0. The van der Waals surface area contributed by atoms with Crippen LogP contribution in [0.1, 0.15) is 22.5 Å². The molecule has 1 aliphatic heterocycles. The molecule has 0 atom stereocenters. The van der Waals surface area contributed by atoms with Gasteiger partial charge in [-0.15, -0.1) is 0 Å². The predicted molar refractivity (Wildman–Crippen MR) is 94.4 cm³/mol. The topological polar surface area (TPSA) is 48.7 Å². The fourth-order valence-corrected chi connectivity index (χ4v) is 2.95. The minimum Gasteiger partial charge on any atom is -0.461 e. The summed E-state index contributed by atoms with van der Waals surface area (Å²) in [5.41, 5.74) is 1.53. The quantitative estimate of drug-likeness (QED) is 0.595. The Morgan fingerprint density at radius 1 is 1.00 bits per heavy atom. The summed E-state index contributed by atoms with van der Waals surface area (Å²) in [6, 6.07) is 16.5. The van der Waals surface area contributed by atoms with Crippen LogP contribution in [0.15, 0.2) is 59.0 Å². The molecule has 1 aliphatic rings. The summed E-state index contributed by atoms with van der Waals surface area (Å²) in [7, 11) is 0. The van der Waals surface area contributed by atoms with E-state index in [0.29, 0.717) is 34.9 Å². The lowest BCUT2D eigenvalue weighted by atomic mass is 10.1. The molecule has 2 aromatic carbocycles. The van der Waals surface area contributed by atoms with Crippen molar-refractivity contribution >= 4 is 17.4 Å². The molecule has 0 saturated heterocycles. The zero-order valence-corrected chi connectivity index (χ0v) is 14.1. The second-order valence-corrected chi connectivity index (χ2v) is 6.20. The van der Waals surface area contributed by atoms with Crippen molar-refractivity contribution in [3.63, 3.8) is 0 Å². The first kappa shape index (κ1) is 15.8. The molecule has 0 fully saturated rings. The fourth-order valence-electron chi connectivity index (χ4n) is 2.76. The van der Waals surface area contributed by atoms with Crippen LogP contribution < -0.4 is 9.47 Å². The molecular weight excluding hydrogens is 340 g/mol. The molecule has 3 aromatic rings. The van der Waals surface area contributed by atoms with Crippen molar-refractivity contribution in [1.82, 2.24) is 0 Å². The average molecular weight is 355 g/mol. The van der Waals surface area contributed by atoms with Gasteiger partial charge in [0, 0.05) is 29.0 Å². The molecule has 0 bridgehead atoms. The van der Waals surface area contributed by atoms with Crippen molar-refractivity contribution in [2.24, 2.45) is 0 Å². The molecule has 0 radical (unpaired) electrons. The molecule has 0 saturated carbocycles. The van der Waals surface area contributed by atoms with Gasteiger partial charge in [-0.3, -0.25) is 4.79 Å². The largest absolute Gasteiger partial charge is 0.461 e. The van der Waals surface area contributed by atoms with E-state index >= 15 is 0 Å². The number of benzene rings is 2. The van der Waals surface area contributed by atoms with Gasteiger partial charge >= 0.3 is 0 Å². The first-order chi connectivity index (χ1) is 12.2. The van der Waals surface area contributed by atoms with Crippen molar-refractivity contribution in [3.05, 3.63) is 70.9 Å². The number of carbonyl (C=O) groups excluding carboxylic acids is 1.